The van der Waals surface area contributed by atoms with Crippen LogP contribution in [0.15, 0.2) is 18.2 Å². The monoisotopic (exact) mass is 714 g/mol. The fourth-order valence-electron chi connectivity index (χ4n) is 1.41. The van der Waals surface area contributed by atoms with E-state index in [-0.39, 0.29) is 17.2 Å². The fourth-order valence-corrected chi connectivity index (χ4v) is 1.74. The molecule has 0 aromatic heterocycles. The second-order valence-corrected chi connectivity index (χ2v) is 15.3. The first-order valence-corrected chi connectivity index (χ1v) is 11.1. The summed E-state index contributed by atoms with van der Waals surface area (Å²) in [7, 11) is 0. The lowest BCUT2D eigenvalue weighted by molar-refractivity contribution is -0.136. The lowest BCUT2D eigenvalue weighted by Crippen LogP contribution is -2.30. The third-order valence-corrected chi connectivity index (χ3v) is 4.26. The van der Waals surface area contributed by atoms with Gasteiger partial charge in [-0.05, 0) is 41.5 Å². The number of ether oxygens (including phenoxy) is 3. The molecule has 0 aliphatic heterocycles. The Hall–Kier alpha value is -0.180. The summed E-state index contributed by atoms with van der Waals surface area (Å²) in [5.41, 5.74) is 0. The van der Waals surface area contributed by atoms with Crippen LogP contribution < -0.4 is 14.2 Å². The molecule has 0 unspecified atom stereocenters. The molecule has 0 amide bonds. The quantitative estimate of drug-likeness (QED) is 0.178. The van der Waals surface area contributed by atoms with Crippen LogP contribution >= 0.6 is 67.8 Å². The smallest absolute Gasteiger partial charge is 0.326 e. The number of alkyl halides is 3. The van der Waals surface area contributed by atoms with Gasteiger partial charge in [-0.15, -0.1) is 0 Å². The number of hydrogen-bond acceptors (Lipinski definition) is 6. The second kappa shape index (κ2) is 9.09. The highest BCUT2D eigenvalue weighted by Gasteiger charge is 2.30. The topological polar surface area (TPSA) is 78.9 Å². The zero-order valence-corrected chi connectivity index (χ0v) is 22.3. The third-order valence-electron chi connectivity index (χ3n) is 2.94. The maximum atomic E-state index is 12.2. The molecule has 0 bridgehead atoms. The maximum absolute atomic E-state index is 12.2. The number of esters is 3. The Kier molecular flexibility index (Phi) is 8.37. The average Bonchev–Trinajstić information content (AvgIpc) is 2.43. The van der Waals surface area contributed by atoms with Gasteiger partial charge in [0, 0.05) is 18.2 Å². The molecule has 150 valence electrons. The SMILES string of the molecule is CC(C)(I)C(=O)Oc1cc(OC(=O)C(C)(C)I)cc(OC(=O)C(C)(C)I)c1. The first-order valence-electron chi connectivity index (χ1n) is 7.89. The lowest BCUT2D eigenvalue weighted by Gasteiger charge is -2.19. The molecule has 0 spiro atoms. The van der Waals surface area contributed by atoms with Gasteiger partial charge in [-0.25, -0.2) is 0 Å². The van der Waals surface area contributed by atoms with E-state index in [0.717, 1.165) is 0 Å². The Morgan fingerprint density at radius 1 is 0.593 bits per heavy atom. The van der Waals surface area contributed by atoms with Gasteiger partial charge < -0.3 is 14.2 Å². The van der Waals surface area contributed by atoms with E-state index in [9.17, 15) is 14.4 Å². The van der Waals surface area contributed by atoms with Crippen molar-refractivity contribution in [3.63, 3.8) is 0 Å². The standard InChI is InChI=1S/C18H21I3O6/c1-16(2,19)13(22)25-10-7-11(26-14(23)17(3,4)20)9-12(8-10)27-15(24)18(5,6)21/h7-9H,1-6H3. The molecule has 1 rings (SSSR count). The van der Waals surface area contributed by atoms with Crippen molar-refractivity contribution >= 4 is 85.7 Å². The molecule has 1 aromatic rings. The van der Waals surface area contributed by atoms with E-state index in [0.29, 0.717) is 0 Å². The Labute approximate surface area is 199 Å². The third kappa shape index (κ3) is 8.38. The summed E-state index contributed by atoms with van der Waals surface area (Å²) >= 11 is 5.88. The van der Waals surface area contributed by atoms with Crippen molar-refractivity contribution < 1.29 is 28.6 Å². The number of carbonyl (C=O) groups is 3. The average molecular weight is 714 g/mol. The zero-order chi connectivity index (χ0) is 21.2. The molecule has 0 saturated carbocycles. The van der Waals surface area contributed by atoms with Gasteiger partial charge in [-0.3, -0.25) is 14.4 Å². The number of benzene rings is 1. The molecule has 27 heavy (non-hydrogen) atoms. The predicted molar refractivity (Wildman–Crippen MR) is 128 cm³/mol. The summed E-state index contributed by atoms with van der Waals surface area (Å²) in [5, 5.41) is 0. The minimum atomic E-state index is -0.754. The molecule has 0 N–H and O–H groups in total. The van der Waals surface area contributed by atoms with Gasteiger partial charge in [0.25, 0.3) is 0 Å². The zero-order valence-electron chi connectivity index (χ0n) is 15.8. The van der Waals surface area contributed by atoms with E-state index in [1.54, 1.807) is 41.5 Å². The minimum Gasteiger partial charge on any atom is -0.425 e. The highest BCUT2D eigenvalue weighted by atomic mass is 127. The number of hydrogen-bond donors (Lipinski definition) is 0. The van der Waals surface area contributed by atoms with E-state index in [4.69, 9.17) is 14.2 Å². The highest BCUT2D eigenvalue weighted by molar-refractivity contribution is 14.1. The normalized spacial score (nSPS) is 12.3. The number of rotatable bonds is 6. The van der Waals surface area contributed by atoms with Crippen LogP contribution in [0, 0.1) is 0 Å². The molecule has 0 aliphatic carbocycles. The van der Waals surface area contributed by atoms with Crippen LogP contribution in [0.5, 0.6) is 17.2 Å². The summed E-state index contributed by atoms with van der Waals surface area (Å²) < 4.78 is 13.8. The van der Waals surface area contributed by atoms with Crippen LogP contribution in [0.1, 0.15) is 41.5 Å². The van der Waals surface area contributed by atoms with Crippen molar-refractivity contribution in [3.05, 3.63) is 18.2 Å². The molecule has 0 heterocycles. The van der Waals surface area contributed by atoms with Gasteiger partial charge in [0.1, 0.15) is 27.5 Å². The van der Waals surface area contributed by atoms with Gasteiger partial charge in [-0.1, -0.05) is 67.8 Å². The van der Waals surface area contributed by atoms with Gasteiger partial charge >= 0.3 is 17.9 Å². The fraction of sp³-hybridized carbons (Fsp3) is 0.500. The van der Waals surface area contributed by atoms with Crippen molar-refractivity contribution in [2.75, 3.05) is 0 Å². The molecular weight excluding hydrogens is 693 g/mol. The molecule has 0 aliphatic rings. The first kappa shape index (κ1) is 24.9. The van der Waals surface area contributed by atoms with Crippen LogP contribution in [-0.4, -0.2) is 28.2 Å². The Morgan fingerprint density at radius 3 is 0.926 bits per heavy atom. The Balaban J connectivity index is 3.24. The number of halogens is 3. The molecule has 6 nitrogen and oxygen atoms in total. The van der Waals surface area contributed by atoms with Crippen molar-refractivity contribution in [2.45, 2.75) is 51.8 Å². The molecule has 0 saturated heterocycles. The van der Waals surface area contributed by atoms with E-state index in [2.05, 4.69) is 0 Å². The van der Waals surface area contributed by atoms with Crippen LogP contribution in [0.3, 0.4) is 0 Å². The highest BCUT2D eigenvalue weighted by Crippen LogP contribution is 2.32. The Morgan fingerprint density at radius 2 is 0.778 bits per heavy atom. The number of carbonyl (C=O) groups excluding carboxylic acids is 3. The minimum absolute atomic E-state index is 0.121. The molecule has 0 atom stereocenters. The van der Waals surface area contributed by atoms with Gasteiger partial charge in [0.05, 0.1) is 0 Å². The summed E-state index contributed by atoms with van der Waals surface area (Å²) in [6.07, 6.45) is 0. The molecule has 0 fully saturated rings. The van der Waals surface area contributed by atoms with E-state index in [1.807, 2.05) is 67.8 Å². The van der Waals surface area contributed by atoms with Crippen molar-refractivity contribution in [3.8, 4) is 17.2 Å². The largest absolute Gasteiger partial charge is 0.425 e. The molecule has 1 aromatic carbocycles. The summed E-state index contributed by atoms with van der Waals surface area (Å²) in [6, 6.07) is 4.23. The van der Waals surface area contributed by atoms with Gasteiger partial charge in [-0.2, -0.15) is 0 Å². The molecule has 0 radical (unpaired) electrons. The van der Waals surface area contributed by atoms with Crippen molar-refractivity contribution in [2.24, 2.45) is 0 Å². The van der Waals surface area contributed by atoms with Crippen LogP contribution in [-0.2, 0) is 14.4 Å². The first-order chi connectivity index (χ1) is 12.0. The Bertz CT molecular complexity index is 627. The van der Waals surface area contributed by atoms with Crippen LogP contribution in [0.25, 0.3) is 0 Å². The molecule has 9 heteroatoms. The van der Waals surface area contributed by atoms with E-state index >= 15 is 0 Å². The maximum Gasteiger partial charge on any atom is 0.326 e. The summed E-state index contributed by atoms with van der Waals surface area (Å²) in [5.74, 6) is -1.08. The summed E-state index contributed by atoms with van der Waals surface area (Å²) in [6.45, 7) is 10.2. The van der Waals surface area contributed by atoms with Gasteiger partial charge in [0.2, 0.25) is 0 Å². The van der Waals surface area contributed by atoms with Crippen LogP contribution in [0.4, 0.5) is 0 Å². The summed E-state index contributed by atoms with van der Waals surface area (Å²) in [4.78, 5) is 36.5. The second-order valence-electron chi connectivity index (χ2n) is 7.23. The van der Waals surface area contributed by atoms with Crippen molar-refractivity contribution in [1.82, 2.24) is 0 Å². The lowest BCUT2D eigenvalue weighted by atomic mass is 10.2. The van der Waals surface area contributed by atoms with Crippen LogP contribution in [0.2, 0.25) is 0 Å². The van der Waals surface area contributed by atoms with E-state index in [1.165, 1.54) is 18.2 Å². The predicted octanol–water partition coefficient (Wildman–Crippen LogP) is 5.04. The van der Waals surface area contributed by atoms with Gasteiger partial charge in [0.15, 0.2) is 0 Å². The van der Waals surface area contributed by atoms with Crippen molar-refractivity contribution in [1.29, 1.82) is 0 Å². The van der Waals surface area contributed by atoms with E-state index < -0.39 is 28.2 Å². The molecular formula is C18H21I3O6.